The van der Waals surface area contributed by atoms with Gasteiger partial charge in [0, 0.05) is 20.1 Å². The van der Waals surface area contributed by atoms with E-state index in [9.17, 15) is 14.7 Å². The molecule has 0 unspecified atom stereocenters. The maximum absolute atomic E-state index is 13.2. The molecule has 0 saturated carbocycles. The normalized spacial score (nSPS) is 12.3. The molecule has 3 rings (SSSR count). The fourth-order valence-electron chi connectivity index (χ4n) is 3.27. The molecule has 0 saturated heterocycles. The maximum atomic E-state index is 13.2. The zero-order chi connectivity index (χ0) is 23.7. The Morgan fingerprint density at radius 1 is 1.16 bits per heavy atom. The van der Waals surface area contributed by atoms with Crippen molar-refractivity contribution in [3.05, 3.63) is 42.1 Å². The Balaban J connectivity index is 2.09. The third-order valence-electron chi connectivity index (χ3n) is 4.81. The number of aromatic nitrogens is 3. The van der Waals surface area contributed by atoms with Crippen LogP contribution in [0.5, 0.6) is 0 Å². The maximum Gasteiger partial charge on any atom is 0.419 e. The Morgan fingerprint density at radius 2 is 1.84 bits per heavy atom. The summed E-state index contributed by atoms with van der Waals surface area (Å²) in [5.41, 5.74) is 0.596. The highest BCUT2D eigenvalue weighted by molar-refractivity contribution is 6.76. The van der Waals surface area contributed by atoms with Gasteiger partial charge in [-0.15, -0.1) is 0 Å². The molecule has 1 N–H and O–H groups in total. The van der Waals surface area contributed by atoms with Crippen LogP contribution in [-0.2, 0) is 16.2 Å². The molecule has 0 radical (unpaired) electrons. The number of hydrogen-bond acceptors (Lipinski definition) is 5. The number of aromatic carboxylic acids is 1. The second kappa shape index (κ2) is 8.91. The van der Waals surface area contributed by atoms with Crippen LogP contribution in [0.3, 0.4) is 0 Å². The van der Waals surface area contributed by atoms with Gasteiger partial charge >= 0.3 is 12.1 Å². The molecule has 0 fully saturated rings. The molecule has 2 aromatic heterocycles. The number of carboxylic acid groups (broad SMARTS) is 1. The number of hydrogen-bond donors (Lipinski definition) is 1. The smallest absolute Gasteiger partial charge is 0.419 e. The molecule has 0 aliphatic heterocycles. The molecule has 0 amide bonds. The van der Waals surface area contributed by atoms with Crippen LogP contribution in [-0.4, -0.2) is 51.8 Å². The van der Waals surface area contributed by atoms with Crippen molar-refractivity contribution in [3.8, 4) is 11.4 Å². The van der Waals surface area contributed by atoms with Crippen molar-refractivity contribution in [1.29, 1.82) is 0 Å². The fraction of sp³-hybridized carbons (Fsp3) is 0.435. The molecular formula is C23H31N3O5Si. The first-order chi connectivity index (χ1) is 14.9. The summed E-state index contributed by atoms with van der Waals surface area (Å²) in [7, 11) is -1.27. The van der Waals surface area contributed by atoms with E-state index >= 15 is 0 Å². The van der Waals surface area contributed by atoms with Crippen LogP contribution < -0.4 is 0 Å². The molecular weight excluding hydrogens is 426 g/mol. The fourth-order valence-corrected chi connectivity index (χ4v) is 4.03. The van der Waals surface area contributed by atoms with Gasteiger partial charge in [0.25, 0.3) is 0 Å². The summed E-state index contributed by atoms with van der Waals surface area (Å²) in [6, 6.07) is 10.1. The molecule has 1 aromatic carbocycles. The summed E-state index contributed by atoms with van der Waals surface area (Å²) >= 11 is 0. The number of benzene rings is 1. The molecule has 0 aliphatic carbocycles. The van der Waals surface area contributed by atoms with E-state index in [0.29, 0.717) is 23.5 Å². The SMILES string of the molecule is CC(C)(C)OC(=O)n1c(-c2c(C(=O)O)cnn2COCC[Si](C)(C)C)cc2ccccc21. The topological polar surface area (TPSA) is 95.6 Å². The minimum atomic E-state index is -1.27. The van der Waals surface area contributed by atoms with Gasteiger partial charge in [0.2, 0.25) is 0 Å². The number of nitrogens with zero attached hydrogens (tertiary/aromatic N) is 3. The number of fused-ring (bicyclic) bond motifs is 1. The lowest BCUT2D eigenvalue weighted by atomic mass is 10.2. The van der Waals surface area contributed by atoms with Crippen LogP contribution in [0.25, 0.3) is 22.3 Å². The number of rotatable bonds is 7. The van der Waals surface area contributed by atoms with E-state index in [2.05, 4.69) is 24.7 Å². The third kappa shape index (κ3) is 5.46. The van der Waals surface area contributed by atoms with Crippen molar-refractivity contribution >= 4 is 31.0 Å². The lowest BCUT2D eigenvalue weighted by molar-refractivity contribution is 0.0543. The predicted molar refractivity (Wildman–Crippen MR) is 126 cm³/mol. The van der Waals surface area contributed by atoms with Gasteiger partial charge < -0.3 is 14.6 Å². The Bertz CT molecular complexity index is 1130. The van der Waals surface area contributed by atoms with E-state index in [4.69, 9.17) is 9.47 Å². The summed E-state index contributed by atoms with van der Waals surface area (Å²) < 4.78 is 14.3. The van der Waals surface area contributed by atoms with Gasteiger partial charge in [0.15, 0.2) is 0 Å². The van der Waals surface area contributed by atoms with E-state index in [1.165, 1.54) is 15.4 Å². The highest BCUT2D eigenvalue weighted by atomic mass is 28.3. The van der Waals surface area contributed by atoms with Crippen LogP contribution in [0, 0.1) is 0 Å². The third-order valence-corrected chi connectivity index (χ3v) is 6.51. The van der Waals surface area contributed by atoms with Gasteiger partial charge in [-0.3, -0.25) is 0 Å². The van der Waals surface area contributed by atoms with Gasteiger partial charge in [-0.05, 0) is 38.9 Å². The van der Waals surface area contributed by atoms with E-state index in [1.54, 1.807) is 32.9 Å². The molecule has 9 heteroatoms. The molecule has 8 nitrogen and oxygen atoms in total. The van der Waals surface area contributed by atoms with E-state index in [-0.39, 0.29) is 12.3 Å². The van der Waals surface area contributed by atoms with Gasteiger partial charge in [0.05, 0.1) is 17.4 Å². The van der Waals surface area contributed by atoms with Crippen molar-refractivity contribution in [1.82, 2.24) is 14.3 Å². The number of ether oxygens (including phenoxy) is 2. The molecule has 0 atom stereocenters. The van der Waals surface area contributed by atoms with Crippen molar-refractivity contribution < 1.29 is 24.2 Å². The van der Waals surface area contributed by atoms with Crippen molar-refractivity contribution in [2.24, 2.45) is 0 Å². The molecule has 3 aromatic rings. The molecule has 0 aliphatic rings. The van der Waals surface area contributed by atoms with Crippen LogP contribution in [0.15, 0.2) is 36.5 Å². The predicted octanol–water partition coefficient (Wildman–Crippen LogP) is 5.30. The second-order valence-electron chi connectivity index (χ2n) is 9.96. The van der Waals surface area contributed by atoms with Gasteiger partial charge in [-0.2, -0.15) is 5.10 Å². The number of carboxylic acids is 1. The highest BCUT2D eigenvalue weighted by Gasteiger charge is 2.28. The van der Waals surface area contributed by atoms with Crippen LogP contribution in [0.1, 0.15) is 31.1 Å². The van der Waals surface area contributed by atoms with E-state index in [0.717, 1.165) is 11.4 Å². The van der Waals surface area contributed by atoms with Gasteiger partial charge in [-0.1, -0.05) is 37.8 Å². The van der Waals surface area contributed by atoms with Crippen LogP contribution >= 0.6 is 0 Å². The zero-order valence-corrected chi connectivity index (χ0v) is 20.5. The van der Waals surface area contributed by atoms with Crippen LogP contribution in [0.2, 0.25) is 25.7 Å². The lowest BCUT2D eigenvalue weighted by Gasteiger charge is -2.21. The minimum absolute atomic E-state index is 0.00795. The zero-order valence-electron chi connectivity index (χ0n) is 19.5. The summed E-state index contributed by atoms with van der Waals surface area (Å²) in [4.78, 5) is 25.1. The van der Waals surface area contributed by atoms with Crippen molar-refractivity contribution in [3.63, 3.8) is 0 Å². The van der Waals surface area contributed by atoms with Gasteiger partial charge in [-0.25, -0.2) is 18.8 Å². The van der Waals surface area contributed by atoms with Crippen molar-refractivity contribution in [2.45, 2.75) is 58.8 Å². The van der Waals surface area contributed by atoms with Crippen LogP contribution in [0.4, 0.5) is 4.79 Å². The number of carbonyl (C=O) groups is 2. The van der Waals surface area contributed by atoms with Gasteiger partial charge in [0.1, 0.15) is 23.6 Å². The monoisotopic (exact) mass is 457 g/mol. The Morgan fingerprint density at radius 3 is 2.47 bits per heavy atom. The summed E-state index contributed by atoms with van der Waals surface area (Å²) in [6.45, 7) is 12.8. The quantitative estimate of drug-likeness (QED) is 0.382. The first kappa shape index (κ1) is 23.7. The molecule has 2 heterocycles. The summed E-state index contributed by atoms with van der Waals surface area (Å²) in [6.07, 6.45) is 0.703. The summed E-state index contributed by atoms with van der Waals surface area (Å²) in [5.74, 6) is -1.13. The largest absolute Gasteiger partial charge is 0.478 e. The Hall–Kier alpha value is -2.91. The summed E-state index contributed by atoms with van der Waals surface area (Å²) in [5, 5.41) is 14.8. The number of para-hydroxylation sites is 1. The molecule has 172 valence electrons. The lowest BCUT2D eigenvalue weighted by Crippen LogP contribution is -2.27. The molecule has 32 heavy (non-hydrogen) atoms. The first-order valence-corrected chi connectivity index (χ1v) is 14.3. The average Bonchev–Trinajstić information content (AvgIpc) is 3.24. The number of carbonyl (C=O) groups excluding carboxylic acids is 1. The van der Waals surface area contributed by atoms with E-state index < -0.39 is 25.7 Å². The Labute approximate surface area is 188 Å². The highest BCUT2D eigenvalue weighted by Crippen LogP contribution is 2.32. The first-order valence-electron chi connectivity index (χ1n) is 10.6. The molecule has 0 spiro atoms. The minimum Gasteiger partial charge on any atom is -0.478 e. The standard InChI is InChI=1S/C23H31N3O5Si/c1-23(2,3)31-22(29)26-18-10-8-7-9-16(18)13-19(26)20-17(21(27)28)14-24-25(20)15-30-11-12-32(4,5)6/h7-10,13-14H,11-12,15H2,1-6H3,(H,27,28). The van der Waals surface area contributed by atoms with Crippen molar-refractivity contribution in [2.75, 3.05) is 6.61 Å². The second-order valence-corrected chi connectivity index (χ2v) is 15.6. The van der Waals surface area contributed by atoms with E-state index in [1.807, 2.05) is 18.2 Å². The molecule has 0 bridgehead atoms. The average molecular weight is 458 g/mol. The Kier molecular flexibility index (Phi) is 6.61.